The van der Waals surface area contributed by atoms with E-state index in [4.69, 9.17) is 23.8 Å². The van der Waals surface area contributed by atoms with Crippen LogP contribution in [-0.4, -0.2) is 26.4 Å². The van der Waals surface area contributed by atoms with Gasteiger partial charge < -0.3 is 10.6 Å². The quantitative estimate of drug-likeness (QED) is 0.461. The molecule has 7 heteroatoms. The van der Waals surface area contributed by atoms with Crippen LogP contribution in [0.2, 0.25) is 0 Å². The predicted octanol–water partition coefficient (Wildman–Crippen LogP) is 3.93. The molecule has 0 unspecified atom stereocenters. The van der Waals surface area contributed by atoms with Gasteiger partial charge in [0.25, 0.3) is 5.56 Å². The Labute approximate surface area is 181 Å². The van der Waals surface area contributed by atoms with E-state index in [1.165, 1.54) is 11.1 Å². The van der Waals surface area contributed by atoms with Crippen LogP contribution in [0.3, 0.4) is 0 Å². The Morgan fingerprint density at radius 2 is 1.76 bits per heavy atom. The van der Waals surface area contributed by atoms with E-state index >= 15 is 0 Å². The summed E-state index contributed by atoms with van der Waals surface area (Å²) in [7, 11) is 1.85. The molecule has 29 heavy (non-hydrogen) atoms. The van der Waals surface area contributed by atoms with Crippen LogP contribution in [0, 0.1) is 13.8 Å². The zero-order valence-electron chi connectivity index (χ0n) is 16.8. The van der Waals surface area contributed by atoms with Crippen LogP contribution in [0.25, 0.3) is 5.69 Å². The number of anilines is 1. The van der Waals surface area contributed by atoms with Gasteiger partial charge in [0.15, 0.2) is 5.11 Å². The molecule has 152 valence electrons. The summed E-state index contributed by atoms with van der Waals surface area (Å²) in [5, 5.41) is 6.42. The number of alkyl halides is 1. The fourth-order valence-corrected chi connectivity index (χ4v) is 3.57. The van der Waals surface area contributed by atoms with E-state index in [2.05, 4.69) is 41.8 Å². The molecule has 0 amide bonds. The monoisotopic (exact) mass is 428 g/mol. The number of benzene rings is 2. The van der Waals surface area contributed by atoms with E-state index in [-0.39, 0.29) is 10.9 Å². The van der Waals surface area contributed by atoms with Crippen LogP contribution in [-0.2, 0) is 13.5 Å². The maximum Gasteiger partial charge on any atom is 0.295 e. The molecule has 0 radical (unpaired) electrons. The van der Waals surface area contributed by atoms with E-state index in [0.29, 0.717) is 17.3 Å². The highest BCUT2D eigenvalue weighted by molar-refractivity contribution is 7.80. The lowest BCUT2D eigenvalue weighted by molar-refractivity contribution is 0.630. The standard InChI is InChI=1S/C22H25ClN4OS/c1-15-9-11-17(12-10-15)13-18(23)14-24-22(29)25-20-16(2)26(3)27(21(20)28)19-7-5-4-6-8-19/h4-12,18H,13-14H2,1-3H3,(H2,24,25,29)/t18-/m0/s1. The number of rotatable bonds is 6. The molecule has 5 nitrogen and oxygen atoms in total. The first kappa shape index (κ1) is 21.1. The van der Waals surface area contributed by atoms with Gasteiger partial charge >= 0.3 is 0 Å². The van der Waals surface area contributed by atoms with Crippen LogP contribution in [0.5, 0.6) is 0 Å². The van der Waals surface area contributed by atoms with Crippen LogP contribution < -0.4 is 16.2 Å². The second-order valence-electron chi connectivity index (χ2n) is 7.06. The molecule has 1 atom stereocenters. The van der Waals surface area contributed by atoms with E-state index in [0.717, 1.165) is 17.8 Å². The van der Waals surface area contributed by atoms with Gasteiger partial charge in [-0.25, -0.2) is 4.68 Å². The van der Waals surface area contributed by atoms with Gasteiger partial charge in [0.1, 0.15) is 5.69 Å². The first-order valence-electron chi connectivity index (χ1n) is 9.45. The van der Waals surface area contributed by atoms with E-state index in [1.807, 2.05) is 49.0 Å². The highest BCUT2D eigenvalue weighted by Crippen LogP contribution is 2.14. The van der Waals surface area contributed by atoms with Crippen LogP contribution in [0.4, 0.5) is 5.69 Å². The summed E-state index contributed by atoms with van der Waals surface area (Å²) in [6, 6.07) is 17.8. The fraction of sp³-hybridized carbons (Fsp3) is 0.273. The van der Waals surface area contributed by atoms with Crippen molar-refractivity contribution in [1.82, 2.24) is 14.7 Å². The SMILES string of the molecule is Cc1ccc(C[C@H](Cl)CNC(=S)Nc2c(C)n(C)n(-c3ccccc3)c2=O)cc1. The summed E-state index contributed by atoms with van der Waals surface area (Å²) >= 11 is 11.8. The van der Waals surface area contributed by atoms with E-state index in [9.17, 15) is 4.79 Å². The lowest BCUT2D eigenvalue weighted by Crippen LogP contribution is -2.35. The molecule has 2 N–H and O–H groups in total. The first-order chi connectivity index (χ1) is 13.9. The molecule has 0 saturated heterocycles. The van der Waals surface area contributed by atoms with Crippen molar-refractivity contribution in [3.05, 3.63) is 81.8 Å². The van der Waals surface area contributed by atoms with E-state index in [1.54, 1.807) is 4.68 Å². The molecule has 3 rings (SSSR count). The number of aromatic nitrogens is 2. The molecule has 1 heterocycles. The summed E-state index contributed by atoms with van der Waals surface area (Å²) in [6.07, 6.45) is 0.739. The highest BCUT2D eigenvalue weighted by atomic mass is 35.5. The summed E-state index contributed by atoms with van der Waals surface area (Å²) < 4.78 is 3.42. The van der Waals surface area contributed by atoms with Crippen molar-refractivity contribution >= 4 is 34.6 Å². The third-order valence-electron chi connectivity index (χ3n) is 4.85. The Hall–Kier alpha value is -2.57. The number of hydrogen-bond acceptors (Lipinski definition) is 2. The van der Waals surface area contributed by atoms with Gasteiger partial charge in [0.2, 0.25) is 0 Å². The largest absolute Gasteiger partial charge is 0.361 e. The first-order valence-corrected chi connectivity index (χ1v) is 10.3. The van der Waals surface area contributed by atoms with Crippen LogP contribution in [0.1, 0.15) is 16.8 Å². The Balaban J connectivity index is 1.63. The average molecular weight is 429 g/mol. The molecule has 0 fully saturated rings. The molecular weight excluding hydrogens is 404 g/mol. The minimum Gasteiger partial charge on any atom is -0.361 e. The molecule has 3 aromatic rings. The Morgan fingerprint density at radius 1 is 1.10 bits per heavy atom. The van der Waals surface area contributed by atoms with Gasteiger partial charge in [-0.3, -0.25) is 9.48 Å². The molecule has 2 aromatic carbocycles. The van der Waals surface area contributed by atoms with Crippen molar-refractivity contribution in [2.24, 2.45) is 7.05 Å². The Kier molecular flexibility index (Phi) is 6.77. The van der Waals surface area contributed by atoms with Crippen molar-refractivity contribution in [2.45, 2.75) is 25.6 Å². The van der Waals surface area contributed by atoms with Gasteiger partial charge in [0, 0.05) is 13.6 Å². The number of aryl methyl sites for hydroxylation is 1. The smallest absolute Gasteiger partial charge is 0.295 e. The number of hydrogen-bond donors (Lipinski definition) is 2. The highest BCUT2D eigenvalue weighted by Gasteiger charge is 2.17. The molecule has 1 aromatic heterocycles. The number of nitrogens with zero attached hydrogens (tertiary/aromatic N) is 2. The third kappa shape index (κ3) is 5.08. The molecule has 0 aliphatic carbocycles. The lowest BCUT2D eigenvalue weighted by atomic mass is 10.1. The van der Waals surface area contributed by atoms with Crippen molar-refractivity contribution in [1.29, 1.82) is 0 Å². The minimum absolute atomic E-state index is 0.115. The zero-order chi connectivity index (χ0) is 21.0. The zero-order valence-corrected chi connectivity index (χ0v) is 18.3. The van der Waals surface area contributed by atoms with Crippen molar-refractivity contribution < 1.29 is 0 Å². The van der Waals surface area contributed by atoms with Gasteiger partial charge in [-0.05, 0) is 50.2 Å². The normalized spacial score (nSPS) is 11.9. The number of nitrogens with one attached hydrogen (secondary N) is 2. The lowest BCUT2D eigenvalue weighted by Gasteiger charge is -2.13. The van der Waals surface area contributed by atoms with Gasteiger partial charge in [-0.2, -0.15) is 0 Å². The third-order valence-corrected chi connectivity index (χ3v) is 5.41. The average Bonchev–Trinajstić information content (AvgIpc) is 2.92. The van der Waals surface area contributed by atoms with Crippen molar-refractivity contribution in [2.75, 3.05) is 11.9 Å². The number of halogens is 1. The number of para-hydroxylation sites is 1. The second-order valence-corrected chi connectivity index (χ2v) is 8.08. The molecular formula is C22H25ClN4OS. The molecule has 0 spiro atoms. The van der Waals surface area contributed by atoms with Gasteiger partial charge in [-0.15, -0.1) is 11.6 Å². The van der Waals surface area contributed by atoms with Crippen LogP contribution >= 0.6 is 23.8 Å². The predicted molar refractivity (Wildman–Crippen MR) is 124 cm³/mol. The maximum atomic E-state index is 12.9. The van der Waals surface area contributed by atoms with Crippen molar-refractivity contribution in [3.8, 4) is 5.69 Å². The maximum absolute atomic E-state index is 12.9. The molecule has 0 aliphatic rings. The summed E-state index contributed by atoms with van der Waals surface area (Å²) in [4.78, 5) is 12.9. The minimum atomic E-state index is -0.151. The van der Waals surface area contributed by atoms with Crippen molar-refractivity contribution in [3.63, 3.8) is 0 Å². The summed E-state index contributed by atoms with van der Waals surface area (Å²) in [5.74, 6) is 0. The number of thiocarbonyl (C=S) groups is 1. The second kappa shape index (κ2) is 9.29. The Morgan fingerprint density at radius 3 is 2.41 bits per heavy atom. The van der Waals surface area contributed by atoms with E-state index < -0.39 is 0 Å². The topological polar surface area (TPSA) is 51.0 Å². The summed E-state index contributed by atoms with van der Waals surface area (Å²) in [5.41, 5.74) is 4.31. The molecule has 0 bridgehead atoms. The molecule has 0 aliphatic heterocycles. The summed E-state index contributed by atoms with van der Waals surface area (Å²) in [6.45, 7) is 4.44. The van der Waals surface area contributed by atoms with Crippen LogP contribution in [0.15, 0.2) is 59.4 Å². The fourth-order valence-electron chi connectivity index (χ4n) is 3.13. The molecule has 0 saturated carbocycles. The van der Waals surface area contributed by atoms with Gasteiger partial charge in [-0.1, -0.05) is 48.0 Å². The Bertz CT molecular complexity index is 1040. The van der Waals surface area contributed by atoms with Gasteiger partial charge in [0.05, 0.1) is 16.8 Å².